The molecule has 0 spiro atoms. The van der Waals surface area contributed by atoms with Crippen molar-refractivity contribution >= 4 is 35.7 Å². The summed E-state index contributed by atoms with van der Waals surface area (Å²) >= 11 is 4.70. The average molecular weight is 518 g/mol. The first kappa shape index (κ1) is 25.6. The van der Waals surface area contributed by atoms with Crippen molar-refractivity contribution in [2.24, 2.45) is 0 Å². The van der Waals surface area contributed by atoms with Crippen LogP contribution in [0, 0.1) is 4.64 Å². The van der Waals surface area contributed by atoms with Crippen molar-refractivity contribution in [2.75, 3.05) is 6.61 Å². The van der Waals surface area contributed by atoms with E-state index in [2.05, 4.69) is 18.1 Å². The molecule has 30 heavy (non-hydrogen) atoms. The van der Waals surface area contributed by atoms with Crippen molar-refractivity contribution in [3.63, 3.8) is 0 Å². The van der Waals surface area contributed by atoms with E-state index in [1.807, 2.05) is 0 Å². The maximum absolute atomic E-state index is 14.9. The summed E-state index contributed by atoms with van der Waals surface area (Å²) in [4.78, 5) is 49.2. The number of ether oxygens (including phenoxy) is 1. The number of aromatic nitrogens is 2. The van der Waals surface area contributed by atoms with E-state index in [1.165, 1.54) is 6.07 Å². The normalized spacial score (nSPS) is 31.2. The molecule has 2 rings (SSSR count). The Morgan fingerprint density at radius 3 is 2.33 bits per heavy atom. The quantitative estimate of drug-likeness (QED) is 0.164. The summed E-state index contributed by atoms with van der Waals surface area (Å²) < 4.78 is 64.5. The number of aliphatic hydroxyl groups excluding tert-OH is 2. The molecule has 1 fully saturated rings. The number of aliphatic hydroxyl groups is 2. The van der Waals surface area contributed by atoms with E-state index in [0.717, 1.165) is 6.20 Å². The molecule has 6 atom stereocenters. The number of alkyl halides is 1. The van der Waals surface area contributed by atoms with Crippen LogP contribution in [0.5, 0.6) is 0 Å². The van der Waals surface area contributed by atoms with Crippen LogP contribution in [0.25, 0.3) is 0 Å². The van der Waals surface area contributed by atoms with Crippen LogP contribution in [0.4, 0.5) is 4.39 Å². The molecule has 21 heteroatoms. The van der Waals surface area contributed by atoms with Gasteiger partial charge in [-0.05, 0) is 6.07 Å². The van der Waals surface area contributed by atoms with E-state index in [4.69, 9.17) is 31.6 Å². The summed E-state index contributed by atoms with van der Waals surface area (Å²) in [5, 5.41) is 19.8. The fourth-order valence-corrected chi connectivity index (χ4v) is 5.37. The molecule has 2 unspecified atom stereocenters. The lowest BCUT2D eigenvalue weighted by Crippen LogP contribution is -2.43. The first-order valence-electron chi connectivity index (χ1n) is 7.27. The minimum Gasteiger partial charge on any atom is -0.385 e. The molecular weight excluding hydrogens is 504 g/mol. The Labute approximate surface area is 169 Å². The first-order chi connectivity index (χ1) is 13.4. The van der Waals surface area contributed by atoms with Gasteiger partial charge in [-0.15, -0.1) is 0 Å². The highest BCUT2D eigenvalue weighted by atomic mass is 32.1. The van der Waals surface area contributed by atoms with E-state index < -0.39 is 60.1 Å². The van der Waals surface area contributed by atoms with E-state index in [9.17, 15) is 38.0 Å². The number of nitrogens with one attached hydrogen (secondary N) is 1. The summed E-state index contributed by atoms with van der Waals surface area (Å²) in [6.45, 7) is -1.71. The Morgan fingerprint density at radius 1 is 1.20 bits per heavy atom. The molecule has 0 radical (unpaired) electrons. The van der Waals surface area contributed by atoms with Crippen molar-refractivity contribution in [1.82, 2.24) is 9.55 Å². The zero-order valence-electron chi connectivity index (χ0n) is 14.1. The number of rotatable bonds is 8. The number of H-pyrrole nitrogens is 1. The molecule has 172 valence electrons. The van der Waals surface area contributed by atoms with Crippen molar-refractivity contribution in [3.8, 4) is 0 Å². The zero-order valence-corrected chi connectivity index (χ0v) is 17.6. The molecule has 1 aliphatic rings. The second-order valence-electron chi connectivity index (χ2n) is 5.61. The number of aromatic amines is 1. The highest BCUT2D eigenvalue weighted by Gasteiger charge is 2.57. The largest absolute Gasteiger partial charge is 0.490 e. The Morgan fingerprint density at radius 2 is 1.80 bits per heavy atom. The van der Waals surface area contributed by atoms with Crippen LogP contribution < -0.4 is 5.69 Å². The highest BCUT2D eigenvalue weighted by molar-refractivity contribution is 7.71. The Hall–Kier alpha value is -0.680. The Balaban J connectivity index is 2.15. The number of phosphoric ester groups is 1. The van der Waals surface area contributed by atoms with Crippen molar-refractivity contribution in [1.29, 1.82) is 0 Å². The smallest absolute Gasteiger partial charge is 0.385 e. The fourth-order valence-electron chi connectivity index (χ4n) is 2.19. The van der Waals surface area contributed by atoms with Crippen LogP contribution >= 0.6 is 35.7 Å². The monoisotopic (exact) mass is 518 g/mol. The molecule has 0 aliphatic carbocycles. The molecule has 0 bridgehead atoms. The molecule has 0 aromatic carbocycles. The molecule has 1 aromatic rings. The molecule has 0 saturated carbocycles. The van der Waals surface area contributed by atoms with Crippen molar-refractivity contribution in [2.45, 2.75) is 24.3 Å². The lowest BCUT2D eigenvalue weighted by molar-refractivity contribution is -0.204. The first-order valence-corrected chi connectivity index (χ1v) is 12.2. The van der Waals surface area contributed by atoms with Crippen LogP contribution in [-0.4, -0.2) is 64.0 Å². The van der Waals surface area contributed by atoms with Gasteiger partial charge in [0, 0.05) is 6.20 Å². The summed E-state index contributed by atoms with van der Waals surface area (Å²) in [7, 11) is -17.2. The van der Waals surface area contributed by atoms with Crippen LogP contribution in [0.2, 0.25) is 0 Å². The molecule has 16 nitrogen and oxygen atoms in total. The third kappa shape index (κ3) is 6.41. The topological polar surface area (TPSA) is 247 Å². The molecule has 2 heterocycles. The van der Waals surface area contributed by atoms with Crippen molar-refractivity contribution < 1.29 is 65.8 Å². The van der Waals surface area contributed by atoms with E-state index in [1.54, 1.807) is 0 Å². The summed E-state index contributed by atoms with van der Waals surface area (Å²) in [5.74, 6) is -3.44. The van der Waals surface area contributed by atoms with Gasteiger partial charge in [0.05, 0.1) is 0 Å². The Kier molecular flexibility index (Phi) is 7.41. The maximum Gasteiger partial charge on any atom is 0.490 e. The number of hydrogen-bond donors (Lipinski definition) is 7. The summed E-state index contributed by atoms with van der Waals surface area (Å²) in [6, 6.07) is 1.17. The summed E-state index contributed by atoms with van der Waals surface area (Å²) in [5.41, 5.74) is -0.962. The van der Waals surface area contributed by atoms with Gasteiger partial charge in [-0.3, -0.25) is 14.1 Å². The molecule has 1 aromatic heterocycles. The predicted octanol–water partition coefficient (Wildman–Crippen LogP) is -0.834. The fraction of sp³-hybridized carbons (Fsp3) is 0.556. The van der Waals surface area contributed by atoms with Crippen LogP contribution in [-0.2, 0) is 31.6 Å². The van der Waals surface area contributed by atoms with Crippen LogP contribution in [0.15, 0.2) is 17.1 Å². The van der Waals surface area contributed by atoms with Gasteiger partial charge in [0.15, 0.2) is 6.23 Å². The SMILES string of the molecule is O=c1[nH]c(=S)ccn1[C@@H]1O[C@](F)(COP(=O)(O)OP(=O)(O)OP(=O)(O)O)[C@@H](O)[C@H]1O. The molecule has 1 saturated heterocycles. The van der Waals surface area contributed by atoms with Gasteiger partial charge in [0.2, 0.25) is 0 Å². The zero-order chi connectivity index (χ0) is 23.1. The molecule has 1 aliphatic heterocycles. The Bertz CT molecular complexity index is 1060. The van der Waals surface area contributed by atoms with Gasteiger partial charge < -0.3 is 34.5 Å². The minimum atomic E-state index is -5.85. The second kappa shape index (κ2) is 8.69. The van der Waals surface area contributed by atoms with Gasteiger partial charge in [0.1, 0.15) is 23.5 Å². The predicted molar refractivity (Wildman–Crippen MR) is 91.7 cm³/mol. The van der Waals surface area contributed by atoms with Gasteiger partial charge >= 0.3 is 29.2 Å². The van der Waals surface area contributed by atoms with Crippen LogP contribution in [0.3, 0.4) is 0 Å². The summed E-state index contributed by atoms with van der Waals surface area (Å²) in [6.07, 6.45) is -5.41. The van der Waals surface area contributed by atoms with Gasteiger partial charge in [-0.2, -0.15) is 8.62 Å². The number of phosphoric acid groups is 3. The van der Waals surface area contributed by atoms with Gasteiger partial charge in [-0.1, -0.05) is 12.2 Å². The number of halogens is 1. The van der Waals surface area contributed by atoms with Gasteiger partial charge in [0.25, 0.3) is 5.85 Å². The maximum atomic E-state index is 14.9. The standard InChI is InChI=1S/C9H14FN2O14P3S/c10-9(3-23-28(19,20)26-29(21,22)25-27(16,17)18)6(14)5(13)7(24-9)12-2-1-4(30)11-8(12)15/h1-2,5-7,13-14H,3H2,(H,19,20)(H,21,22)(H,11,15,30)(H2,16,17,18)/t5-,6+,7-,9-/m1/s1. The van der Waals surface area contributed by atoms with Crippen molar-refractivity contribution in [3.05, 3.63) is 27.4 Å². The lowest BCUT2D eigenvalue weighted by Gasteiger charge is -2.24. The van der Waals surface area contributed by atoms with E-state index in [0.29, 0.717) is 4.57 Å². The number of nitrogens with zero attached hydrogens (tertiary/aromatic N) is 1. The molecule has 0 amide bonds. The minimum absolute atomic E-state index is 0.0107. The van der Waals surface area contributed by atoms with E-state index >= 15 is 0 Å². The van der Waals surface area contributed by atoms with Gasteiger partial charge in [-0.25, -0.2) is 22.9 Å². The highest BCUT2D eigenvalue weighted by Crippen LogP contribution is 2.66. The molecular formula is C9H14FN2O14P3S. The third-order valence-corrected chi connectivity index (χ3v) is 7.36. The molecule has 7 N–H and O–H groups in total. The number of hydrogen-bond acceptors (Lipinski definition) is 11. The second-order valence-corrected chi connectivity index (χ2v) is 10.5. The third-order valence-electron chi connectivity index (χ3n) is 3.34. The van der Waals surface area contributed by atoms with Crippen LogP contribution in [0.1, 0.15) is 6.23 Å². The lowest BCUT2D eigenvalue weighted by atomic mass is 10.1. The van der Waals surface area contributed by atoms with E-state index in [-0.39, 0.29) is 4.64 Å². The average Bonchev–Trinajstić information content (AvgIpc) is 2.75.